The molecule has 5 nitrogen and oxygen atoms in total. The minimum absolute atomic E-state index is 0.000282. The second-order valence-corrected chi connectivity index (χ2v) is 7.40. The molecular formula is C24H19FN4O. The van der Waals surface area contributed by atoms with Crippen LogP contribution < -0.4 is 0 Å². The van der Waals surface area contributed by atoms with Gasteiger partial charge in [0.15, 0.2) is 0 Å². The molecule has 2 heterocycles. The third-order valence-corrected chi connectivity index (χ3v) is 5.41. The van der Waals surface area contributed by atoms with Gasteiger partial charge in [0.2, 0.25) is 0 Å². The largest absolute Gasteiger partial charge is 0.334 e. The van der Waals surface area contributed by atoms with Gasteiger partial charge in [-0.25, -0.2) is 9.07 Å². The lowest BCUT2D eigenvalue weighted by molar-refractivity contribution is 0.0498. The Morgan fingerprint density at radius 1 is 0.833 bits per heavy atom. The van der Waals surface area contributed by atoms with Crippen molar-refractivity contribution < 1.29 is 9.18 Å². The topological polar surface area (TPSA) is 51.0 Å². The Morgan fingerprint density at radius 2 is 1.47 bits per heavy atom. The van der Waals surface area contributed by atoms with Crippen molar-refractivity contribution in [2.24, 2.45) is 0 Å². The minimum Gasteiger partial charge on any atom is -0.334 e. The van der Waals surface area contributed by atoms with E-state index >= 15 is 0 Å². The highest BCUT2D eigenvalue weighted by molar-refractivity contribution is 5.95. The van der Waals surface area contributed by atoms with Gasteiger partial charge in [-0.05, 0) is 35.4 Å². The fourth-order valence-corrected chi connectivity index (χ4v) is 3.61. The highest BCUT2D eigenvalue weighted by Gasteiger charge is 2.33. The van der Waals surface area contributed by atoms with Crippen LogP contribution in [0.3, 0.4) is 0 Å². The molecule has 5 rings (SSSR count). The number of halogens is 1. The first kappa shape index (κ1) is 18.2. The maximum Gasteiger partial charge on any atom is 0.253 e. The van der Waals surface area contributed by atoms with Gasteiger partial charge in [0.1, 0.15) is 11.5 Å². The van der Waals surface area contributed by atoms with Crippen LogP contribution in [0.4, 0.5) is 4.39 Å². The van der Waals surface area contributed by atoms with E-state index in [2.05, 4.69) is 10.3 Å². The van der Waals surface area contributed by atoms with Gasteiger partial charge in [0, 0.05) is 24.2 Å². The maximum atomic E-state index is 13.1. The molecule has 0 N–H and O–H groups in total. The minimum atomic E-state index is -0.263. The number of carbonyl (C=O) groups excluding carboxylic acids is 1. The third kappa shape index (κ3) is 3.48. The van der Waals surface area contributed by atoms with Crippen LogP contribution in [-0.4, -0.2) is 38.9 Å². The zero-order chi connectivity index (χ0) is 20.5. The number of hydrogen-bond acceptors (Lipinski definition) is 3. The third-order valence-electron chi connectivity index (χ3n) is 5.41. The SMILES string of the molecule is O=C(c1ccc(-c2ccc(F)cc2)cc1)N1CC(n2cc(-c3ccccc3)nn2)C1. The molecule has 6 heteroatoms. The van der Waals surface area contributed by atoms with Gasteiger partial charge in [-0.1, -0.05) is 59.8 Å². The molecule has 0 radical (unpaired) electrons. The maximum absolute atomic E-state index is 13.1. The molecule has 0 saturated carbocycles. The summed E-state index contributed by atoms with van der Waals surface area (Å²) >= 11 is 0. The van der Waals surface area contributed by atoms with Gasteiger partial charge in [-0.15, -0.1) is 5.10 Å². The lowest BCUT2D eigenvalue weighted by Crippen LogP contribution is -2.50. The van der Waals surface area contributed by atoms with Gasteiger partial charge < -0.3 is 4.90 Å². The molecule has 1 saturated heterocycles. The Hall–Kier alpha value is -3.80. The Bertz CT molecular complexity index is 1160. The van der Waals surface area contributed by atoms with Gasteiger partial charge in [0.05, 0.1) is 12.2 Å². The average molecular weight is 398 g/mol. The molecule has 0 bridgehead atoms. The normalized spacial score (nSPS) is 13.8. The van der Waals surface area contributed by atoms with Crippen molar-refractivity contribution in [1.29, 1.82) is 0 Å². The number of rotatable bonds is 4. The Kier molecular flexibility index (Phi) is 4.59. The van der Waals surface area contributed by atoms with Crippen molar-refractivity contribution >= 4 is 5.91 Å². The van der Waals surface area contributed by atoms with Crippen LogP contribution in [0.5, 0.6) is 0 Å². The van der Waals surface area contributed by atoms with Crippen LogP contribution in [0, 0.1) is 5.82 Å². The van der Waals surface area contributed by atoms with E-state index in [0.717, 1.165) is 22.4 Å². The van der Waals surface area contributed by atoms with Crippen molar-refractivity contribution in [1.82, 2.24) is 19.9 Å². The molecule has 30 heavy (non-hydrogen) atoms. The monoisotopic (exact) mass is 398 g/mol. The number of hydrogen-bond donors (Lipinski definition) is 0. The van der Waals surface area contributed by atoms with Crippen molar-refractivity contribution in [3.63, 3.8) is 0 Å². The predicted molar refractivity (Wildman–Crippen MR) is 112 cm³/mol. The molecular weight excluding hydrogens is 379 g/mol. The summed E-state index contributed by atoms with van der Waals surface area (Å²) in [5.74, 6) is -0.263. The molecule has 1 amide bonds. The van der Waals surface area contributed by atoms with E-state index in [1.54, 1.807) is 17.0 Å². The van der Waals surface area contributed by atoms with E-state index in [-0.39, 0.29) is 17.8 Å². The molecule has 0 unspecified atom stereocenters. The summed E-state index contributed by atoms with van der Waals surface area (Å²) in [7, 11) is 0. The van der Waals surface area contributed by atoms with Crippen molar-refractivity contribution in [2.75, 3.05) is 13.1 Å². The molecule has 3 aromatic carbocycles. The van der Waals surface area contributed by atoms with E-state index in [1.165, 1.54) is 12.1 Å². The van der Waals surface area contributed by atoms with Gasteiger partial charge >= 0.3 is 0 Å². The Labute approximate surface area is 173 Å². The van der Waals surface area contributed by atoms with Crippen molar-refractivity contribution in [3.8, 4) is 22.4 Å². The molecule has 1 fully saturated rings. The molecule has 4 aromatic rings. The molecule has 0 spiro atoms. The van der Waals surface area contributed by atoms with E-state index in [4.69, 9.17) is 0 Å². The number of aromatic nitrogens is 3. The lowest BCUT2D eigenvalue weighted by Gasteiger charge is -2.38. The molecule has 0 aliphatic carbocycles. The number of carbonyl (C=O) groups is 1. The number of nitrogens with zero attached hydrogens (tertiary/aromatic N) is 4. The van der Waals surface area contributed by atoms with Gasteiger partial charge in [-0.2, -0.15) is 0 Å². The van der Waals surface area contributed by atoms with Crippen LogP contribution in [0.25, 0.3) is 22.4 Å². The molecule has 1 aliphatic heterocycles. The van der Waals surface area contributed by atoms with E-state index in [9.17, 15) is 9.18 Å². The summed E-state index contributed by atoms with van der Waals surface area (Å²) in [4.78, 5) is 14.6. The highest BCUT2D eigenvalue weighted by atomic mass is 19.1. The standard InChI is InChI=1S/C24H19FN4O/c25-21-12-10-18(11-13-21)17-6-8-20(9-7-17)24(30)28-14-22(15-28)29-16-23(26-27-29)19-4-2-1-3-5-19/h1-13,16,22H,14-15H2. The van der Waals surface area contributed by atoms with E-state index in [1.807, 2.05) is 65.5 Å². The zero-order valence-corrected chi connectivity index (χ0v) is 16.1. The first-order valence-corrected chi connectivity index (χ1v) is 9.80. The highest BCUT2D eigenvalue weighted by Crippen LogP contribution is 2.26. The van der Waals surface area contributed by atoms with Crippen LogP contribution in [0.2, 0.25) is 0 Å². The first-order valence-electron chi connectivity index (χ1n) is 9.80. The summed E-state index contributed by atoms with van der Waals surface area (Å²) in [6.45, 7) is 1.21. The molecule has 0 atom stereocenters. The smallest absolute Gasteiger partial charge is 0.253 e. The molecule has 1 aromatic heterocycles. The zero-order valence-electron chi connectivity index (χ0n) is 16.1. The second-order valence-electron chi connectivity index (χ2n) is 7.40. The fraction of sp³-hybridized carbons (Fsp3) is 0.125. The quantitative estimate of drug-likeness (QED) is 0.510. The second kappa shape index (κ2) is 7.55. The van der Waals surface area contributed by atoms with E-state index in [0.29, 0.717) is 18.7 Å². The summed E-state index contributed by atoms with van der Waals surface area (Å²) in [6, 6.07) is 23.8. The van der Waals surface area contributed by atoms with Gasteiger partial charge in [-0.3, -0.25) is 4.79 Å². The average Bonchev–Trinajstić information content (AvgIpc) is 3.24. The number of benzene rings is 3. The number of likely N-dealkylation sites (tertiary alicyclic amines) is 1. The Morgan fingerprint density at radius 3 is 2.13 bits per heavy atom. The van der Waals surface area contributed by atoms with Crippen LogP contribution >= 0.6 is 0 Å². The first-order chi connectivity index (χ1) is 14.7. The van der Waals surface area contributed by atoms with Crippen LogP contribution in [0.1, 0.15) is 16.4 Å². The summed E-state index contributed by atoms with van der Waals surface area (Å²) in [6.07, 6.45) is 1.93. The number of amides is 1. The van der Waals surface area contributed by atoms with Crippen LogP contribution in [-0.2, 0) is 0 Å². The summed E-state index contributed by atoms with van der Waals surface area (Å²) in [5.41, 5.74) is 4.36. The predicted octanol–water partition coefficient (Wildman–Crippen LogP) is 4.45. The van der Waals surface area contributed by atoms with Crippen LogP contribution in [0.15, 0.2) is 85.1 Å². The fourth-order valence-electron chi connectivity index (χ4n) is 3.61. The Balaban J connectivity index is 1.23. The van der Waals surface area contributed by atoms with E-state index < -0.39 is 0 Å². The van der Waals surface area contributed by atoms with Gasteiger partial charge in [0.25, 0.3) is 5.91 Å². The summed E-state index contributed by atoms with van der Waals surface area (Å²) in [5, 5.41) is 8.48. The van der Waals surface area contributed by atoms with Crippen molar-refractivity contribution in [3.05, 3.63) is 96.4 Å². The van der Waals surface area contributed by atoms with Crippen molar-refractivity contribution in [2.45, 2.75) is 6.04 Å². The molecule has 148 valence electrons. The molecule has 1 aliphatic rings. The lowest BCUT2D eigenvalue weighted by atomic mass is 10.0. The summed E-state index contributed by atoms with van der Waals surface area (Å²) < 4.78 is 14.9.